The number of esters is 1. The summed E-state index contributed by atoms with van der Waals surface area (Å²) in [6, 6.07) is 4.39. The largest absolute Gasteiger partial charge is 0.464 e. The fourth-order valence-corrected chi connectivity index (χ4v) is 1.58. The van der Waals surface area contributed by atoms with Crippen molar-refractivity contribution in [1.29, 1.82) is 0 Å². The molecule has 19 heavy (non-hydrogen) atoms. The lowest BCUT2D eigenvalue weighted by Gasteiger charge is -2.09. The highest BCUT2D eigenvalue weighted by Gasteiger charge is 2.26. The molecular weight excluding hydrogens is 263 g/mol. The number of ether oxygens (including phenoxy) is 1. The molecule has 0 bridgehead atoms. The van der Waals surface area contributed by atoms with Gasteiger partial charge in [-0.2, -0.15) is 18.3 Å². The summed E-state index contributed by atoms with van der Waals surface area (Å²) in [5.74, 6) is -0.609. The summed E-state index contributed by atoms with van der Waals surface area (Å²) in [5, 5.41) is 9.07. The van der Waals surface area contributed by atoms with Gasteiger partial charge in [-0.1, -0.05) is 0 Å². The van der Waals surface area contributed by atoms with Gasteiger partial charge in [-0.05, 0) is 18.2 Å². The van der Waals surface area contributed by atoms with Crippen LogP contribution in [0.15, 0.2) is 18.2 Å². The van der Waals surface area contributed by atoms with Gasteiger partial charge < -0.3 is 10.1 Å². The lowest BCUT2D eigenvalue weighted by Crippen LogP contribution is -2.21. The van der Waals surface area contributed by atoms with E-state index in [0.29, 0.717) is 10.9 Å². The van der Waals surface area contributed by atoms with Crippen LogP contribution in [0.25, 0.3) is 10.9 Å². The minimum absolute atomic E-state index is 0.0971. The van der Waals surface area contributed by atoms with Crippen molar-refractivity contribution in [2.75, 3.05) is 19.0 Å². The molecule has 1 heterocycles. The third kappa shape index (κ3) is 2.95. The van der Waals surface area contributed by atoms with E-state index in [2.05, 4.69) is 20.3 Å². The predicted octanol–water partition coefficient (Wildman–Crippen LogP) is 2.32. The monoisotopic (exact) mass is 273 g/mol. The number of aromatic nitrogens is 2. The number of fused-ring (bicyclic) bond motifs is 1. The molecule has 0 saturated heterocycles. The van der Waals surface area contributed by atoms with E-state index in [1.165, 1.54) is 25.3 Å². The number of anilines is 1. The molecule has 2 aromatic rings. The zero-order valence-electron chi connectivity index (χ0n) is 9.84. The van der Waals surface area contributed by atoms with Crippen molar-refractivity contribution >= 4 is 22.6 Å². The van der Waals surface area contributed by atoms with Crippen LogP contribution in [0.2, 0.25) is 0 Å². The van der Waals surface area contributed by atoms with Crippen LogP contribution in [0.3, 0.4) is 0 Å². The average molecular weight is 273 g/mol. The van der Waals surface area contributed by atoms with Crippen LogP contribution >= 0.6 is 0 Å². The second-order valence-electron chi connectivity index (χ2n) is 3.79. The number of halogens is 3. The van der Waals surface area contributed by atoms with Gasteiger partial charge in [0.25, 0.3) is 0 Å². The molecule has 0 spiro atoms. The fourth-order valence-electron chi connectivity index (χ4n) is 1.58. The molecule has 0 aliphatic rings. The SMILES string of the molecule is COC(=O)c1n[nH]c2cc(NCC(F)(F)F)ccc12. The Morgan fingerprint density at radius 2 is 2.21 bits per heavy atom. The molecule has 5 nitrogen and oxygen atoms in total. The maximum atomic E-state index is 12.1. The van der Waals surface area contributed by atoms with Crippen LogP contribution in [0.1, 0.15) is 10.5 Å². The van der Waals surface area contributed by atoms with Gasteiger partial charge in [-0.25, -0.2) is 4.79 Å². The van der Waals surface area contributed by atoms with E-state index < -0.39 is 18.7 Å². The van der Waals surface area contributed by atoms with Crippen LogP contribution in [0.4, 0.5) is 18.9 Å². The Kier molecular flexibility index (Phi) is 3.32. The smallest absolute Gasteiger partial charge is 0.405 e. The summed E-state index contributed by atoms with van der Waals surface area (Å²) < 4.78 is 40.7. The number of carbonyl (C=O) groups is 1. The molecule has 102 valence electrons. The van der Waals surface area contributed by atoms with E-state index in [4.69, 9.17) is 0 Å². The van der Waals surface area contributed by atoms with E-state index in [1.54, 1.807) is 0 Å². The minimum atomic E-state index is -4.29. The molecule has 0 amide bonds. The highest BCUT2D eigenvalue weighted by Crippen LogP contribution is 2.22. The van der Waals surface area contributed by atoms with Gasteiger partial charge in [-0.15, -0.1) is 0 Å². The Labute approximate surface area is 105 Å². The Morgan fingerprint density at radius 1 is 1.47 bits per heavy atom. The van der Waals surface area contributed by atoms with E-state index in [-0.39, 0.29) is 11.4 Å². The number of methoxy groups -OCH3 is 1. The van der Waals surface area contributed by atoms with Crippen molar-refractivity contribution in [2.24, 2.45) is 0 Å². The summed E-state index contributed by atoms with van der Waals surface area (Å²) in [6.45, 7) is -1.13. The highest BCUT2D eigenvalue weighted by atomic mass is 19.4. The molecule has 0 saturated carbocycles. The van der Waals surface area contributed by atoms with Crippen molar-refractivity contribution < 1.29 is 22.7 Å². The Hall–Kier alpha value is -2.25. The number of hydrogen-bond donors (Lipinski definition) is 2. The summed E-state index contributed by atoms with van der Waals surface area (Å²) in [5.41, 5.74) is 0.831. The number of hydrogen-bond acceptors (Lipinski definition) is 4. The van der Waals surface area contributed by atoms with E-state index >= 15 is 0 Å². The van der Waals surface area contributed by atoms with E-state index in [9.17, 15) is 18.0 Å². The molecule has 8 heteroatoms. The number of benzene rings is 1. The van der Waals surface area contributed by atoms with Crippen LogP contribution in [0, 0.1) is 0 Å². The molecular formula is C11H10F3N3O2. The van der Waals surface area contributed by atoms with Gasteiger partial charge in [0, 0.05) is 11.1 Å². The van der Waals surface area contributed by atoms with Crippen LogP contribution in [-0.2, 0) is 4.74 Å². The maximum absolute atomic E-state index is 12.1. The quantitative estimate of drug-likeness (QED) is 0.842. The minimum Gasteiger partial charge on any atom is -0.464 e. The predicted molar refractivity (Wildman–Crippen MR) is 62.0 cm³/mol. The Balaban J connectivity index is 2.25. The first-order valence-corrected chi connectivity index (χ1v) is 5.28. The summed E-state index contributed by atoms with van der Waals surface area (Å²) in [6.07, 6.45) is -4.29. The number of carbonyl (C=O) groups excluding carboxylic acids is 1. The lowest BCUT2D eigenvalue weighted by atomic mass is 10.2. The molecule has 0 aliphatic heterocycles. The molecule has 1 aromatic carbocycles. The lowest BCUT2D eigenvalue weighted by molar-refractivity contribution is -0.115. The van der Waals surface area contributed by atoms with Crippen LogP contribution < -0.4 is 5.32 Å². The number of rotatable bonds is 3. The number of alkyl halides is 3. The molecule has 0 atom stereocenters. The standard InChI is InChI=1S/C11H10F3N3O2/c1-19-10(18)9-7-3-2-6(4-8(7)16-17-9)15-5-11(12,13)14/h2-4,15H,5H2,1H3,(H,16,17). The molecule has 0 fully saturated rings. The zero-order chi connectivity index (χ0) is 14.0. The van der Waals surface area contributed by atoms with Gasteiger partial charge in [0.1, 0.15) is 6.54 Å². The number of H-pyrrole nitrogens is 1. The van der Waals surface area contributed by atoms with Gasteiger partial charge in [0.2, 0.25) is 0 Å². The van der Waals surface area contributed by atoms with Crippen molar-refractivity contribution in [2.45, 2.75) is 6.18 Å². The van der Waals surface area contributed by atoms with Gasteiger partial charge in [0.15, 0.2) is 5.69 Å². The topological polar surface area (TPSA) is 67.0 Å². The molecule has 0 unspecified atom stereocenters. The molecule has 0 radical (unpaired) electrons. The van der Waals surface area contributed by atoms with Crippen molar-refractivity contribution in [3.05, 3.63) is 23.9 Å². The van der Waals surface area contributed by atoms with Crippen molar-refractivity contribution in [3.63, 3.8) is 0 Å². The van der Waals surface area contributed by atoms with Gasteiger partial charge in [-0.3, -0.25) is 5.10 Å². The third-order valence-corrected chi connectivity index (χ3v) is 2.43. The second-order valence-corrected chi connectivity index (χ2v) is 3.79. The number of nitrogens with one attached hydrogen (secondary N) is 2. The van der Waals surface area contributed by atoms with Crippen molar-refractivity contribution in [1.82, 2.24) is 10.2 Å². The average Bonchev–Trinajstić information content (AvgIpc) is 2.77. The first kappa shape index (κ1) is 13.2. The Bertz CT molecular complexity index is 607. The van der Waals surface area contributed by atoms with E-state index in [1.807, 2.05) is 0 Å². The summed E-state index contributed by atoms with van der Waals surface area (Å²) in [7, 11) is 1.22. The van der Waals surface area contributed by atoms with Gasteiger partial charge in [0.05, 0.1) is 12.6 Å². The second kappa shape index (κ2) is 4.79. The summed E-state index contributed by atoms with van der Waals surface area (Å²) in [4.78, 5) is 11.4. The first-order chi connectivity index (χ1) is 8.90. The first-order valence-electron chi connectivity index (χ1n) is 5.28. The Morgan fingerprint density at radius 3 is 2.84 bits per heavy atom. The summed E-state index contributed by atoms with van der Waals surface area (Å²) >= 11 is 0. The zero-order valence-corrected chi connectivity index (χ0v) is 9.84. The maximum Gasteiger partial charge on any atom is 0.405 e. The normalized spacial score (nSPS) is 11.6. The van der Waals surface area contributed by atoms with Crippen molar-refractivity contribution in [3.8, 4) is 0 Å². The third-order valence-electron chi connectivity index (χ3n) is 2.43. The molecule has 2 N–H and O–H groups in total. The fraction of sp³-hybridized carbons (Fsp3) is 0.273. The van der Waals surface area contributed by atoms with E-state index in [0.717, 1.165) is 0 Å². The van der Waals surface area contributed by atoms with Crippen LogP contribution in [0.5, 0.6) is 0 Å². The molecule has 2 rings (SSSR count). The molecule has 0 aliphatic carbocycles. The highest BCUT2D eigenvalue weighted by molar-refractivity contribution is 6.02. The van der Waals surface area contributed by atoms with Gasteiger partial charge >= 0.3 is 12.1 Å². The van der Waals surface area contributed by atoms with Crippen LogP contribution in [-0.4, -0.2) is 36.0 Å². The number of aromatic amines is 1. The molecule has 1 aromatic heterocycles. The number of nitrogens with zero attached hydrogens (tertiary/aromatic N) is 1.